The van der Waals surface area contributed by atoms with Gasteiger partial charge in [0.05, 0.1) is 0 Å². The topological polar surface area (TPSA) is 41.1 Å². The van der Waals surface area contributed by atoms with Crippen molar-refractivity contribution in [3.63, 3.8) is 0 Å². The monoisotopic (exact) mass is 394 g/mol. The molecule has 2 N–H and O–H groups in total. The van der Waals surface area contributed by atoms with Gasteiger partial charge in [0.1, 0.15) is 0 Å². The van der Waals surface area contributed by atoms with Gasteiger partial charge in [0.15, 0.2) is 0 Å². The number of rotatable bonds is 7. The van der Waals surface area contributed by atoms with Crippen LogP contribution in [0.1, 0.15) is 29.6 Å². The molecule has 0 spiro atoms. The zero-order valence-electron chi connectivity index (χ0n) is 17.0. The third-order valence-electron chi connectivity index (χ3n) is 5.18. The van der Waals surface area contributed by atoms with Crippen LogP contribution in [0.5, 0.6) is 0 Å². The van der Waals surface area contributed by atoms with Gasteiger partial charge in [-0.3, -0.25) is 4.79 Å². The van der Waals surface area contributed by atoms with Crippen LogP contribution in [0.3, 0.4) is 0 Å². The first-order chi connectivity index (χ1) is 14.8. The van der Waals surface area contributed by atoms with Gasteiger partial charge in [-0.15, -0.1) is 0 Å². The minimum atomic E-state index is -0.0431. The molecule has 0 heterocycles. The van der Waals surface area contributed by atoms with E-state index in [1.807, 2.05) is 42.5 Å². The number of anilines is 2. The second-order valence-electron chi connectivity index (χ2n) is 7.41. The lowest BCUT2D eigenvalue weighted by molar-refractivity contribution is 0.0954. The van der Waals surface area contributed by atoms with Crippen molar-refractivity contribution in [2.24, 2.45) is 0 Å². The van der Waals surface area contributed by atoms with E-state index in [4.69, 9.17) is 0 Å². The molecule has 0 aliphatic heterocycles. The maximum absolute atomic E-state index is 12.5. The van der Waals surface area contributed by atoms with Crippen LogP contribution >= 0.6 is 0 Å². The van der Waals surface area contributed by atoms with Crippen LogP contribution in [0, 0.1) is 0 Å². The summed E-state index contributed by atoms with van der Waals surface area (Å²) >= 11 is 0. The van der Waals surface area contributed by atoms with E-state index in [-0.39, 0.29) is 5.91 Å². The van der Waals surface area contributed by atoms with Gasteiger partial charge in [-0.2, -0.15) is 0 Å². The standard InChI is InChI=1S/C27H26N2O/c30-27(28-19-18-21-8-3-1-4-9-21)24-12-7-13-26(20-24)29-25-16-14-23(15-17-25)22-10-5-2-6-11-22/h2-3,5-17,20,29H,1,4,18-19H2,(H,28,30). The smallest absolute Gasteiger partial charge is 0.251 e. The number of hydrogen-bond acceptors (Lipinski definition) is 2. The predicted octanol–water partition coefficient (Wildman–Crippen LogP) is 6.49. The maximum atomic E-state index is 12.5. The van der Waals surface area contributed by atoms with Gasteiger partial charge in [-0.25, -0.2) is 0 Å². The van der Waals surface area contributed by atoms with Gasteiger partial charge in [-0.1, -0.05) is 72.3 Å². The first kappa shape index (κ1) is 19.7. The molecule has 1 amide bonds. The number of amides is 1. The van der Waals surface area contributed by atoms with Gasteiger partial charge in [-0.05, 0) is 60.7 Å². The molecule has 0 aromatic heterocycles. The van der Waals surface area contributed by atoms with Crippen molar-refractivity contribution in [2.45, 2.75) is 19.3 Å². The molecule has 3 aromatic carbocycles. The van der Waals surface area contributed by atoms with Gasteiger partial charge < -0.3 is 10.6 Å². The van der Waals surface area contributed by atoms with Gasteiger partial charge in [0, 0.05) is 23.5 Å². The molecule has 0 fully saturated rings. The minimum Gasteiger partial charge on any atom is -0.356 e. The minimum absolute atomic E-state index is 0.0431. The molecular weight excluding hydrogens is 368 g/mol. The van der Waals surface area contributed by atoms with Gasteiger partial charge in [0.2, 0.25) is 0 Å². The van der Waals surface area contributed by atoms with Gasteiger partial charge >= 0.3 is 0 Å². The van der Waals surface area contributed by atoms with Crippen molar-refractivity contribution < 1.29 is 4.79 Å². The molecule has 3 heteroatoms. The molecule has 1 aliphatic carbocycles. The first-order valence-electron chi connectivity index (χ1n) is 10.4. The lowest BCUT2D eigenvalue weighted by atomic mass is 10.0. The molecule has 0 unspecified atom stereocenters. The van der Waals surface area contributed by atoms with Crippen LogP contribution in [0.25, 0.3) is 11.1 Å². The number of carbonyl (C=O) groups is 1. The molecule has 1 aliphatic rings. The van der Waals surface area contributed by atoms with Crippen molar-refractivity contribution in [3.8, 4) is 11.1 Å². The Morgan fingerprint density at radius 1 is 0.800 bits per heavy atom. The summed E-state index contributed by atoms with van der Waals surface area (Å²) in [5.74, 6) is -0.0431. The van der Waals surface area contributed by atoms with E-state index >= 15 is 0 Å². The van der Waals surface area contributed by atoms with Crippen molar-refractivity contribution in [1.29, 1.82) is 0 Å². The molecule has 30 heavy (non-hydrogen) atoms. The summed E-state index contributed by atoms with van der Waals surface area (Å²) < 4.78 is 0. The number of hydrogen-bond donors (Lipinski definition) is 2. The highest BCUT2D eigenvalue weighted by atomic mass is 16.1. The average molecular weight is 395 g/mol. The highest BCUT2D eigenvalue weighted by Gasteiger charge is 2.07. The summed E-state index contributed by atoms with van der Waals surface area (Å²) in [6.45, 7) is 0.646. The van der Waals surface area contributed by atoms with E-state index in [2.05, 4.69) is 65.3 Å². The SMILES string of the molecule is O=C(NCCC1=CCCC=C1)c1cccc(Nc2ccc(-c3ccccc3)cc2)c1. The summed E-state index contributed by atoms with van der Waals surface area (Å²) in [6, 6.07) is 26.2. The number of allylic oxidation sites excluding steroid dienone is 3. The molecule has 0 saturated heterocycles. The quantitative estimate of drug-likeness (QED) is 0.481. The van der Waals surface area contributed by atoms with E-state index in [1.165, 1.54) is 16.7 Å². The second kappa shape index (κ2) is 9.75. The fraction of sp³-hybridized carbons (Fsp3) is 0.148. The lowest BCUT2D eigenvalue weighted by Gasteiger charge is -2.11. The third kappa shape index (κ3) is 5.26. The van der Waals surface area contributed by atoms with E-state index in [1.54, 1.807) is 0 Å². The summed E-state index contributed by atoms with van der Waals surface area (Å²) in [7, 11) is 0. The second-order valence-corrected chi connectivity index (χ2v) is 7.41. The fourth-order valence-electron chi connectivity index (χ4n) is 3.56. The number of benzene rings is 3. The molecule has 4 rings (SSSR count). The fourth-order valence-corrected chi connectivity index (χ4v) is 3.56. The van der Waals surface area contributed by atoms with Crippen LogP contribution in [-0.2, 0) is 0 Å². The van der Waals surface area contributed by atoms with E-state index in [0.717, 1.165) is 30.6 Å². The zero-order chi connectivity index (χ0) is 20.6. The Labute approximate surface area is 178 Å². The van der Waals surface area contributed by atoms with Crippen LogP contribution < -0.4 is 10.6 Å². The van der Waals surface area contributed by atoms with Crippen molar-refractivity contribution in [2.75, 3.05) is 11.9 Å². The molecule has 0 radical (unpaired) electrons. The molecule has 0 saturated carbocycles. The zero-order valence-corrected chi connectivity index (χ0v) is 17.0. The predicted molar refractivity (Wildman–Crippen MR) is 125 cm³/mol. The summed E-state index contributed by atoms with van der Waals surface area (Å²) in [6.07, 6.45) is 9.68. The van der Waals surface area contributed by atoms with Crippen molar-refractivity contribution >= 4 is 17.3 Å². The van der Waals surface area contributed by atoms with Crippen LogP contribution in [0.2, 0.25) is 0 Å². The Hall–Kier alpha value is -3.59. The first-order valence-corrected chi connectivity index (χ1v) is 10.4. The summed E-state index contributed by atoms with van der Waals surface area (Å²) in [4.78, 5) is 12.5. The Morgan fingerprint density at radius 3 is 2.37 bits per heavy atom. The molecule has 3 aromatic rings. The Balaban J connectivity index is 1.35. The van der Waals surface area contributed by atoms with Crippen molar-refractivity contribution in [1.82, 2.24) is 5.32 Å². The lowest BCUT2D eigenvalue weighted by Crippen LogP contribution is -2.24. The molecule has 0 atom stereocenters. The Morgan fingerprint density at radius 2 is 1.60 bits per heavy atom. The molecule has 150 valence electrons. The summed E-state index contributed by atoms with van der Waals surface area (Å²) in [5, 5.41) is 6.41. The van der Waals surface area contributed by atoms with E-state index < -0.39 is 0 Å². The number of carbonyl (C=O) groups excluding carboxylic acids is 1. The van der Waals surface area contributed by atoms with Crippen LogP contribution in [0.15, 0.2) is 103 Å². The Kier molecular flexibility index (Phi) is 6.41. The van der Waals surface area contributed by atoms with Gasteiger partial charge in [0.25, 0.3) is 5.91 Å². The van der Waals surface area contributed by atoms with Crippen LogP contribution in [-0.4, -0.2) is 12.5 Å². The number of nitrogens with one attached hydrogen (secondary N) is 2. The summed E-state index contributed by atoms with van der Waals surface area (Å²) in [5.41, 5.74) is 6.22. The largest absolute Gasteiger partial charge is 0.356 e. The third-order valence-corrected chi connectivity index (χ3v) is 5.18. The van der Waals surface area contributed by atoms with Crippen LogP contribution in [0.4, 0.5) is 11.4 Å². The van der Waals surface area contributed by atoms with Crippen molar-refractivity contribution in [3.05, 3.63) is 108 Å². The highest BCUT2D eigenvalue weighted by molar-refractivity contribution is 5.95. The van der Waals surface area contributed by atoms with E-state index in [9.17, 15) is 4.79 Å². The highest BCUT2D eigenvalue weighted by Crippen LogP contribution is 2.23. The normalized spacial score (nSPS) is 12.9. The molecule has 0 bridgehead atoms. The van der Waals surface area contributed by atoms with E-state index in [0.29, 0.717) is 12.1 Å². The average Bonchev–Trinajstić information content (AvgIpc) is 2.81. The molecule has 3 nitrogen and oxygen atoms in total. The molecular formula is C27H26N2O. The Bertz CT molecular complexity index is 1050. The maximum Gasteiger partial charge on any atom is 0.251 e.